The minimum atomic E-state index is -0.767. The Kier molecular flexibility index (Phi) is 2.63. The Balaban J connectivity index is 2.02. The van der Waals surface area contributed by atoms with Gasteiger partial charge in [-0.2, -0.15) is 4.80 Å². The highest BCUT2D eigenvalue weighted by atomic mass is 16.4. The fraction of sp³-hybridized carbons (Fsp3) is 0.750. The summed E-state index contributed by atoms with van der Waals surface area (Å²) in [6.07, 6.45) is 1.62. The molecule has 0 radical (unpaired) electrons. The summed E-state index contributed by atoms with van der Waals surface area (Å²) in [7, 11) is 1.69. The van der Waals surface area contributed by atoms with E-state index in [-0.39, 0.29) is 0 Å². The van der Waals surface area contributed by atoms with Crippen molar-refractivity contribution in [3.8, 4) is 0 Å². The van der Waals surface area contributed by atoms with Crippen LogP contribution in [0.15, 0.2) is 0 Å². The number of likely N-dealkylation sites (tertiary alicyclic amines) is 1. The molecular weight excluding hydrogens is 198 g/mol. The zero-order valence-corrected chi connectivity index (χ0v) is 8.50. The van der Waals surface area contributed by atoms with Gasteiger partial charge in [0, 0.05) is 0 Å². The van der Waals surface area contributed by atoms with Crippen LogP contribution in [0.3, 0.4) is 0 Å². The van der Waals surface area contributed by atoms with Crippen LogP contribution in [0.4, 0.5) is 0 Å². The molecule has 1 aromatic heterocycles. The van der Waals surface area contributed by atoms with Gasteiger partial charge in [0.2, 0.25) is 0 Å². The average molecular weight is 211 g/mol. The van der Waals surface area contributed by atoms with Crippen molar-refractivity contribution in [2.75, 3.05) is 6.54 Å². The molecule has 1 N–H and O–H groups in total. The van der Waals surface area contributed by atoms with Gasteiger partial charge in [-0.1, -0.05) is 0 Å². The van der Waals surface area contributed by atoms with Crippen molar-refractivity contribution in [2.45, 2.75) is 25.4 Å². The minimum absolute atomic E-state index is 0.395. The van der Waals surface area contributed by atoms with Crippen molar-refractivity contribution in [3.63, 3.8) is 0 Å². The lowest BCUT2D eigenvalue weighted by Crippen LogP contribution is -2.35. The predicted octanol–water partition coefficient (Wildman–Crippen LogP) is -0.741. The van der Waals surface area contributed by atoms with Crippen molar-refractivity contribution < 1.29 is 9.90 Å². The molecule has 1 fully saturated rings. The van der Waals surface area contributed by atoms with Gasteiger partial charge in [0.15, 0.2) is 5.82 Å². The molecule has 0 amide bonds. The van der Waals surface area contributed by atoms with Gasteiger partial charge >= 0.3 is 5.97 Å². The van der Waals surface area contributed by atoms with Crippen LogP contribution in [-0.2, 0) is 18.4 Å². The van der Waals surface area contributed by atoms with E-state index in [2.05, 4.69) is 15.4 Å². The molecule has 0 spiro atoms. The van der Waals surface area contributed by atoms with Gasteiger partial charge < -0.3 is 5.11 Å². The molecule has 82 valence electrons. The maximum absolute atomic E-state index is 10.9. The van der Waals surface area contributed by atoms with Gasteiger partial charge in [-0.15, -0.1) is 10.2 Å². The van der Waals surface area contributed by atoms with Crippen LogP contribution in [0, 0.1) is 0 Å². The number of carbonyl (C=O) groups is 1. The highest BCUT2D eigenvalue weighted by Gasteiger charge is 2.31. The number of nitrogens with zero attached hydrogens (tertiary/aromatic N) is 5. The lowest BCUT2D eigenvalue weighted by molar-refractivity contribution is -0.142. The number of tetrazole rings is 1. The van der Waals surface area contributed by atoms with Gasteiger partial charge in [-0.25, -0.2) is 0 Å². The molecule has 0 aromatic carbocycles. The number of aromatic nitrogens is 4. The van der Waals surface area contributed by atoms with Gasteiger partial charge in [-0.3, -0.25) is 9.69 Å². The molecule has 0 unspecified atom stereocenters. The molecule has 15 heavy (non-hydrogen) atoms. The molecule has 1 aliphatic rings. The first-order valence-electron chi connectivity index (χ1n) is 4.86. The second-order valence-corrected chi connectivity index (χ2v) is 3.66. The summed E-state index contributed by atoms with van der Waals surface area (Å²) in [6.45, 7) is 1.25. The monoisotopic (exact) mass is 211 g/mol. The van der Waals surface area contributed by atoms with E-state index in [9.17, 15) is 4.79 Å². The Morgan fingerprint density at radius 1 is 1.67 bits per heavy atom. The van der Waals surface area contributed by atoms with Crippen molar-refractivity contribution in [1.82, 2.24) is 25.1 Å². The van der Waals surface area contributed by atoms with Crippen LogP contribution in [-0.4, -0.2) is 48.8 Å². The quantitative estimate of drug-likeness (QED) is 0.708. The zero-order valence-electron chi connectivity index (χ0n) is 8.50. The van der Waals surface area contributed by atoms with E-state index in [0.717, 1.165) is 13.0 Å². The molecular formula is C8H13N5O2. The summed E-state index contributed by atoms with van der Waals surface area (Å²) < 4.78 is 0. The second-order valence-electron chi connectivity index (χ2n) is 3.66. The number of carboxylic acid groups (broad SMARTS) is 1. The predicted molar refractivity (Wildman–Crippen MR) is 49.9 cm³/mol. The molecule has 1 aromatic rings. The van der Waals surface area contributed by atoms with Crippen molar-refractivity contribution >= 4 is 5.97 Å². The molecule has 1 saturated heterocycles. The van der Waals surface area contributed by atoms with E-state index in [1.54, 1.807) is 7.05 Å². The first-order valence-corrected chi connectivity index (χ1v) is 4.86. The Labute approximate surface area is 86.7 Å². The van der Waals surface area contributed by atoms with E-state index in [4.69, 9.17) is 5.11 Å². The summed E-state index contributed by atoms with van der Waals surface area (Å²) in [5.74, 6) is -0.193. The normalized spacial score (nSPS) is 22.1. The van der Waals surface area contributed by atoms with E-state index < -0.39 is 12.0 Å². The molecule has 7 nitrogen and oxygen atoms in total. The van der Waals surface area contributed by atoms with E-state index in [0.29, 0.717) is 18.8 Å². The summed E-state index contributed by atoms with van der Waals surface area (Å²) in [6, 6.07) is -0.395. The minimum Gasteiger partial charge on any atom is -0.480 e. The maximum atomic E-state index is 10.9. The van der Waals surface area contributed by atoms with E-state index in [1.807, 2.05) is 4.90 Å². The standard InChI is InChI=1S/C8H13N5O2/c1-12-10-7(9-11-12)5-13-4-2-3-6(13)8(14)15/h6H,2-5H2,1H3,(H,14,15)/t6-/m0/s1. The van der Waals surface area contributed by atoms with Gasteiger partial charge in [-0.05, 0) is 24.6 Å². The SMILES string of the molecule is Cn1nnc(CN2CCC[C@H]2C(=O)O)n1. The number of aliphatic carboxylic acids is 1. The summed E-state index contributed by atoms with van der Waals surface area (Å²) >= 11 is 0. The van der Waals surface area contributed by atoms with Gasteiger partial charge in [0.1, 0.15) is 6.04 Å². The number of carboxylic acids is 1. The second kappa shape index (κ2) is 3.93. The number of hydrogen-bond donors (Lipinski definition) is 1. The molecule has 1 atom stereocenters. The van der Waals surface area contributed by atoms with Crippen LogP contribution in [0.1, 0.15) is 18.7 Å². The third kappa shape index (κ3) is 2.12. The molecule has 7 heteroatoms. The molecule has 2 rings (SSSR count). The highest BCUT2D eigenvalue weighted by Crippen LogP contribution is 2.18. The number of rotatable bonds is 3. The summed E-state index contributed by atoms with van der Waals surface area (Å²) in [5.41, 5.74) is 0. The van der Waals surface area contributed by atoms with E-state index in [1.165, 1.54) is 4.80 Å². The largest absolute Gasteiger partial charge is 0.480 e. The van der Waals surface area contributed by atoms with Crippen LogP contribution in [0.25, 0.3) is 0 Å². The first-order chi connectivity index (χ1) is 7.16. The summed E-state index contributed by atoms with van der Waals surface area (Å²) in [4.78, 5) is 14.2. The fourth-order valence-electron chi connectivity index (χ4n) is 1.86. The van der Waals surface area contributed by atoms with Crippen LogP contribution >= 0.6 is 0 Å². The Bertz CT molecular complexity index is 364. The first kappa shape index (κ1) is 10.0. The van der Waals surface area contributed by atoms with Gasteiger partial charge in [0.25, 0.3) is 0 Å². The van der Waals surface area contributed by atoms with Crippen molar-refractivity contribution in [1.29, 1.82) is 0 Å². The Hall–Kier alpha value is -1.50. The third-order valence-electron chi connectivity index (χ3n) is 2.54. The van der Waals surface area contributed by atoms with Crippen molar-refractivity contribution in [2.24, 2.45) is 7.05 Å². The molecule has 0 aliphatic carbocycles. The maximum Gasteiger partial charge on any atom is 0.320 e. The van der Waals surface area contributed by atoms with Gasteiger partial charge in [0.05, 0.1) is 13.6 Å². The summed E-state index contributed by atoms with van der Waals surface area (Å²) in [5, 5.41) is 20.5. The third-order valence-corrected chi connectivity index (χ3v) is 2.54. The van der Waals surface area contributed by atoms with Crippen molar-refractivity contribution in [3.05, 3.63) is 5.82 Å². The molecule has 0 bridgehead atoms. The van der Waals surface area contributed by atoms with E-state index >= 15 is 0 Å². The molecule has 1 aliphatic heterocycles. The van der Waals surface area contributed by atoms with Crippen LogP contribution in [0.2, 0.25) is 0 Å². The number of aryl methyl sites for hydroxylation is 1. The van der Waals surface area contributed by atoms with Crippen LogP contribution < -0.4 is 0 Å². The molecule has 2 heterocycles. The highest BCUT2D eigenvalue weighted by molar-refractivity contribution is 5.73. The Morgan fingerprint density at radius 3 is 3.07 bits per heavy atom. The fourth-order valence-corrected chi connectivity index (χ4v) is 1.86. The molecule has 0 saturated carbocycles. The zero-order chi connectivity index (χ0) is 10.8. The lowest BCUT2D eigenvalue weighted by Gasteiger charge is -2.18. The topological polar surface area (TPSA) is 84.1 Å². The average Bonchev–Trinajstić information content (AvgIpc) is 2.75. The van der Waals surface area contributed by atoms with Crippen LogP contribution in [0.5, 0.6) is 0 Å². The lowest BCUT2D eigenvalue weighted by atomic mass is 10.2. The smallest absolute Gasteiger partial charge is 0.320 e. The Morgan fingerprint density at radius 2 is 2.47 bits per heavy atom. The number of hydrogen-bond acceptors (Lipinski definition) is 5.